The summed E-state index contributed by atoms with van der Waals surface area (Å²) in [7, 11) is -1.43. The van der Waals surface area contributed by atoms with Crippen LogP contribution in [0, 0.1) is 0 Å². The summed E-state index contributed by atoms with van der Waals surface area (Å²) in [4.78, 5) is 31.7. The molecule has 1 aromatic heterocycles. The van der Waals surface area contributed by atoms with E-state index < -0.39 is 9.84 Å². The fourth-order valence-corrected chi connectivity index (χ4v) is 6.08. The lowest BCUT2D eigenvalue weighted by atomic mass is 10.1. The molecule has 2 aromatic rings. The lowest BCUT2D eigenvalue weighted by Gasteiger charge is -2.33. The van der Waals surface area contributed by atoms with Crippen LogP contribution in [0.1, 0.15) is 26.7 Å². The molecule has 1 aliphatic rings. The second-order valence-corrected chi connectivity index (χ2v) is 10.4. The number of amides is 1. The van der Waals surface area contributed by atoms with E-state index in [9.17, 15) is 18.0 Å². The number of nitrogens with zero attached hydrogens (tertiary/aromatic N) is 3. The van der Waals surface area contributed by atoms with Crippen LogP contribution >= 0.6 is 11.8 Å². The van der Waals surface area contributed by atoms with Gasteiger partial charge in [0.05, 0.1) is 28.2 Å². The van der Waals surface area contributed by atoms with Gasteiger partial charge in [0.15, 0.2) is 15.0 Å². The van der Waals surface area contributed by atoms with Gasteiger partial charge in [0.2, 0.25) is 5.91 Å². The molecule has 0 spiro atoms. The highest BCUT2D eigenvalue weighted by Crippen LogP contribution is 2.24. The van der Waals surface area contributed by atoms with Crippen LogP contribution in [0.4, 0.5) is 0 Å². The Morgan fingerprint density at radius 1 is 1.39 bits per heavy atom. The number of para-hydroxylation sites is 1. The maximum absolute atomic E-state index is 13.0. The number of aromatic nitrogens is 2. The smallest absolute Gasteiger partial charge is 0.261 e. The summed E-state index contributed by atoms with van der Waals surface area (Å²) in [5.41, 5.74) is 0.447. The predicted molar refractivity (Wildman–Crippen MR) is 111 cm³/mol. The second kappa shape index (κ2) is 8.24. The van der Waals surface area contributed by atoms with Gasteiger partial charge in [0, 0.05) is 19.1 Å². The van der Waals surface area contributed by atoms with Gasteiger partial charge in [-0.2, -0.15) is 0 Å². The zero-order chi connectivity index (χ0) is 20.5. The Hall–Kier alpha value is -1.87. The number of fused-ring (bicyclic) bond motifs is 1. The first-order valence-electron chi connectivity index (χ1n) is 9.33. The summed E-state index contributed by atoms with van der Waals surface area (Å²) in [6, 6.07) is 6.80. The molecule has 2 unspecified atom stereocenters. The monoisotopic (exact) mass is 423 g/mol. The third-order valence-electron chi connectivity index (χ3n) is 5.22. The minimum absolute atomic E-state index is 0.0282. The van der Waals surface area contributed by atoms with Crippen molar-refractivity contribution >= 4 is 38.4 Å². The first-order valence-corrected chi connectivity index (χ1v) is 12.1. The van der Waals surface area contributed by atoms with Crippen LogP contribution in [0.3, 0.4) is 0 Å². The molecule has 0 N–H and O–H groups in total. The maximum atomic E-state index is 13.0. The van der Waals surface area contributed by atoms with Gasteiger partial charge in [0.1, 0.15) is 0 Å². The number of rotatable bonds is 6. The van der Waals surface area contributed by atoms with Crippen LogP contribution in [0.5, 0.6) is 0 Å². The lowest BCUT2D eigenvalue weighted by molar-refractivity contribution is -0.132. The third-order valence-corrected chi connectivity index (χ3v) is 7.99. The van der Waals surface area contributed by atoms with Gasteiger partial charge in [-0.1, -0.05) is 30.8 Å². The molecule has 9 heteroatoms. The van der Waals surface area contributed by atoms with Crippen molar-refractivity contribution < 1.29 is 13.2 Å². The van der Waals surface area contributed by atoms with Crippen LogP contribution in [0.15, 0.2) is 34.2 Å². The van der Waals surface area contributed by atoms with E-state index in [2.05, 4.69) is 4.98 Å². The molecule has 0 saturated carbocycles. The maximum Gasteiger partial charge on any atom is 0.261 e. The number of thioether (sulfide) groups is 1. The molecule has 1 fully saturated rings. The Morgan fingerprint density at radius 3 is 2.75 bits per heavy atom. The Balaban J connectivity index is 1.80. The summed E-state index contributed by atoms with van der Waals surface area (Å²) >= 11 is 1.21. The van der Waals surface area contributed by atoms with Gasteiger partial charge < -0.3 is 4.90 Å². The minimum Gasteiger partial charge on any atom is -0.335 e. The summed E-state index contributed by atoms with van der Waals surface area (Å²) < 4.78 is 25.2. The zero-order valence-electron chi connectivity index (χ0n) is 16.3. The van der Waals surface area contributed by atoms with Crippen molar-refractivity contribution in [3.63, 3.8) is 0 Å². The molecule has 1 amide bonds. The number of benzene rings is 1. The fraction of sp³-hybridized carbons (Fsp3) is 0.526. The standard InChI is InChI=1S/C19H25N3O4S2/c1-4-13(2)22(14-9-10-28(25,26)12-14)17(23)11-27-19-20-16-8-6-5-7-15(16)18(24)21(19)3/h5-8,13-14H,4,9-12H2,1-3H3. The van der Waals surface area contributed by atoms with E-state index in [1.165, 1.54) is 16.3 Å². The molecule has 152 valence electrons. The van der Waals surface area contributed by atoms with Crippen molar-refractivity contribution in [2.45, 2.75) is 43.9 Å². The van der Waals surface area contributed by atoms with E-state index in [1.54, 1.807) is 30.1 Å². The average Bonchev–Trinajstić information content (AvgIpc) is 3.02. The quantitative estimate of drug-likeness (QED) is 0.520. The average molecular weight is 424 g/mol. The Labute approximate surface area is 169 Å². The number of carbonyl (C=O) groups is 1. The van der Waals surface area contributed by atoms with Crippen molar-refractivity contribution in [1.82, 2.24) is 14.5 Å². The fourth-order valence-electron chi connectivity index (χ4n) is 3.53. The summed E-state index contributed by atoms with van der Waals surface area (Å²) in [5.74, 6) is 0.148. The molecule has 1 saturated heterocycles. The molecular weight excluding hydrogens is 398 g/mol. The van der Waals surface area contributed by atoms with E-state index in [-0.39, 0.29) is 40.8 Å². The topological polar surface area (TPSA) is 89.3 Å². The van der Waals surface area contributed by atoms with E-state index in [0.29, 0.717) is 22.5 Å². The normalized spacial score (nSPS) is 19.6. The number of hydrogen-bond donors (Lipinski definition) is 0. The van der Waals surface area contributed by atoms with Crippen molar-refractivity contribution in [1.29, 1.82) is 0 Å². The Kier molecular flexibility index (Phi) is 6.14. The molecule has 0 bridgehead atoms. The van der Waals surface area contributed by atoms with E-state index in [1.807, 2.05) is 19.9 Å². The van der Waals surface area contributed by atoms with Crippen molar-refractivity contribution in [2.75, 3.05) is 17.3 Å². The molecule has 3 rings (SSSR count). The predicted octanol–water partition coefficient (Wildman–Crippen LogP) is 1.84. The number of carbonyl (C=O) groups excluding carboxylic acids is 1. The molecule has 2 heterocycles. The third kappa shape index (κ3) is 4.25. The van der Waals surface area contributed by atoms with Gasteiger partial charge in [-0.25, -0.2) is 13.4 Å². The zero-order valence-corrected chi connectivity index (χ0v) is 17.9. The molecule has 7 nitrogen and oxygen atoms in total. The Bertz CT molecular complexity index is 1050. The lowest BCUT2D eigenvalue weighted by Crippen LogP contribution is -2.47. The molecule has 2 atom stereocenters. The van der Waals surface area contributed by atoms with Crippen molar-refractivity contribution in [3.05, 3.63) is 34.6 Å². The van der Waals surface area contributed by atoms with Crippen molar-refractivity contribution in [3.8, 4) is 0 Å². The SMILES string of the molecule is CCC(C)N(C(=O)CSc1nc2ccccc2c(=O)n1C)C1CCS(=O)(=O)C1. The van der Waals surface area contributed by atoms with E-state index in [0.717, 1.165) is 6.42 Å². The van der Waals surface area contributed by atoms with Gasteiger partial charge >= 0.3 is 0 Å². The van der Waals surface area contributed by atoms with Gasteiger partial charge in [-0.15, -0.1) is 0 Å². The van der Waals surface area contributed by atoms with Crippen LogP contribution in [-0.2, 0) is 21.7 Å². The highest BCUT2D eigenvalue weighted by atomic mass is 32.2. The largest absolute Gasteiger partial charge is 0.335 e. The molecule has 0 radical (unpaired) electrons. The first-order chi connectivity index (χ1) is 13.2. The summed E-state index contributed by atoms with van der Waals surface area (Å²) in [6.45, 7) is 3.92. The first kappa shape index (κ1) is 20.9. The van der Waals surface area contributed by atoms with Gasteiger partial charge in [-0.05, 0) is 31.9 Å². The molecule has 28 heavy (non-hydrogen) atoms. The molecule has 0 aliphatic carbocycles. The molecular formula is C19H25N3O4S2. The highest BCUT2D eigenvalue weighted by Gasteiger charge is 2.36. The molecule has 1 aliphatic heterocycles. The van der Waals surface area contributed by atoms with Crippen molar-refractivity contribution in [2.24, 2.45) is 7.05 Å². The highest BCUT2D eigenvalue weighted by molar-refractivity contribution is 7.99. The summed E-state index contributed by atoms with van der Waals surface area (Å²) in [5, 5.41) is 1.01. The van der Waals surface area contributed by atoms with E-state index in [4.69, 9.17) is 0 Å². The number of hydrogen-bond acceptors (Lipinski definition) is 6. The van der Waals surface area contributed by atoms with Gasteiger partial charge in [0.25, 0.3) is 5.56 Å². The van der Waals surface area contributed by atoms with Crippen LogP contribution in [0.2, 0.25) is 0 Å². The van der Waals surface area contributed by atoms with Gasteiger partial charge in [-0.3, -0.25) is 14.2 Å². The second-order valence-electron chi connectivity index (χ2n) is 7.18. The molecule has 1 aromatic carbocycles. The van der Waals surface area contributed by atoms with E-state index >= 15 is 0 Å². The number of sulfone groups is 1. The summed E-state index contributed by atoms with van der Waals surface area (Å²) in [6.07, 6.45) is 1.23. The minimum atomic E-state index is -3.08. The Morgan fingerprint density at radius 2 is 2.11 bits per heavy atom. The van der Waals surface area contributed by atoms with Crippen LogP contribution in [0.25, 0.3) is 10.9 Å². The van der Waals surface area contributed by atoms with Crippen LogP contribution < -0.4 is 5.56 Å². The van der Waals surface area contributed by atoms with Crippen LogP contribution in [-0.4, -0.2) is 58.1 Å².